The monoisotopic (exact) mass is 314 g/mol. The van der Waals surface area contributed by atoms with Gasteiger partial charge in [-0.2, -0.15) is 0 Å². The van der Waals surface area contributed by atoms with Crippen molar-refractivity contribution >= 4 is 11.9 Å². The molecule has 0 radical (unpaired) electrons. The molecule has 23 heavy (non-hydrogen) atoms. The first-order chi connectivity index (χ1) is 11.2. The number of anilines is 1. The Bertz CT molecular complexity index is 657. The molecule has 120 valence electrons. The second-order valence-corrected chi connectivity index (χ2v) is 5.60. The Hall–Kier alpha value is -2.50. The first-order valence-corrected chi connectivity index (χ1v) is 7.77. The minimum atomic E-state index is -0.153. The van der Waals surface area contributed by atoms with E-state index >= 15 is 0 Å². The molecule has 3 rings (SSSR count). The lowest BCUT2D eigenvalue weighted by atomic mass is 9.89. The van der Waals surface area contributed by atoms with E-state index in [0.717, 1.165) is 18.4 Å². The van der Waals surface area contributed by atoms with E-state index in [1.54, 1.807) is 24.5 Å². The van der Waals surface area contributed by atoms with Gasteiger partial charge in [-0.1, -0.05) is 18.2 Å². The minimum Gasteiger partial charge on any atom is -0.345 e. The van der Waals surface area contributed by atoms with Crippen LogP contribution in [0.1, 0.15) is 24.3 Å². The molecule has 6 heteroatoms. The van der Waals surface area contributed by atoms with Crippen molar-refractivity contribution in [2.75, 3.05) is 25.0 Å². The normalized spacial score (nSPS) is 15.4. The summed E-state index contributed by atoms with van der Waals surface area (Å²) in [6.07, 6.45) is 4.82. The number of nitrogens with one attached hydrogen (secondary N) is 1. The van der Waals surface area contributed by atoms with Gasteiger partial charge in [-0.3, -0.25) is 4.79 Å². The molecule has 1 fully saturated rings. The van der Waals surface area contributed by atoms with Gasteiger partial charge in [0, 0.05) is 25.5 Å². The van der Waals surface area contributed by atoms with E-state index in [1.807, 2.05) is 17.0 Å². The maximum absolute atomic E-state index is 13.8. The zero-order chi connectivity index (χ0) is 16.1. The van der Waals surface area contributed by atoms with Crippen molar-refractivity contribution in [2.45, 2.75) is 18.8 Å². The minimum absolute atomic E-state index is 0.0180. The van der Waals surface area contributed by atoms with Gasteiger partial charge in [0.25, 0.3) is 0 Å². The van der Waals surface area contributed by atoms with Crippen molar-refractivity contribution in [3.63, 3.8) is 0 Å². The van der Waals surface area contributed by atoms with Crippen LogP contribution in [-0.4, -0.2) is 40.4 Å². The van der Waals surface area contributed by atoms with Gasteiger partial charge in [0.1, 0.15) is 5.82 Å². The molecule has 0 bridgehead atoms. The number of benzene rings is 1. The molecule has 2 aromatic rings. The lowest BCUT2D eigenvalue weighted by Crippen LogP contribution is -2.41. The Morgan fingerprint density at radius 2 is 1.87 bits per heavy atom. The summed E-state index contributed by atoms with van der Waals surface area (Å²) in [5, 5.41) is 2.92. The van der Waals surface area contributed by atoms with Gasteiger partial charge in [0.15, 0.2) is 0 Å². The third-order valence-electron chi connectivity index (χ3n) is 4.16. The average Bonchev–Trinajstić information content (AvgIpc) is 2.61. The molecule has 0 aliphatic carbocycles. The molecule has 2 heterocycles. The fourth-order valence-corrected chi connectivity index (χ4v) is 2.90. The van der Waals surface area contributed by atoms with Gasteiger partial charge in [0.05, 0.1) is 6.54 Å². The van der Waals surface area contributed by atoms with Crippen molar-refractivity contribution in [2.24, 2.45) is 0 Å². The summed E-state index contributed by atoms with van der Waals surface area (Å²) in [6.45, 7) is 1.47. The quantitative estimate of drug-likeness (QED) is 0.941. The van der Waals surface area contributed by atoms with E-state index in [0.29, 0.717) is 19.0 Å². The smallest absolute Gasteiger partial charge is 0.241 e. The van der Waals surface area contributed by atoms with Crippen LogP contribution in [0.5, 0.6) is 0 Å². The molecule has 1 aromatic heterocycles. The van der Waals surface area contributed by atoms with Gasteiger partial charge in [-0.25, -0.2) is 14.4 Å². The van der Waals surface area contributed by atoms with Crippen LogP contribution in [0.15, 0.2) is 42.7 Å². The maximum Gasteiger partial charge on any atom is 0.241 e. The first kappa shape index (κ1) is 15.4. The van der Waals surface area contributed by atoms with E-state index < -0.39 is 0 Å². The van der Waals surface area contributed by atoms with Gasteiger partial charge < -0.3 is 10.2 Å². The number of likely N-dealkylation sites (tertiary alicyclic amines) is 1. The summed E-state index contributed by atoms with van der Waals surface area (Å²) in [6, 6.07) is 8.62. The second-order valence-electron chi connectivity index (χ2n) is 5.60. The molecule has 1 N–H and O–H groups in total. The molecule has 0 atom stereocenters. The summed E-state index contributed by atoms with van der Waals surface area (Å²) in [7, 11) is 0. The molecule has 0 unspecified atom stereocenters. The Kier molecular flexibility index (Phi) is 4.80. The van der Waals surface area contributed by atoms with Gasteiger partial charge in [-0.05, 0) is 36.5 Å². The predicted octanol–water partition coefficient (Wildman–Crippen LogP) is 2.43. The highest BCUT2D eigenvalue weighted by Gasteiger charge is 2.25. The highest BCUT2D eigenvalue weighted by Crippen LogP contribution is 2.29. The average molecular weight is 314 g/mol. The number of hydrogen-bond donors (Lipinski definition) is 1. The molecule has 1 aromatic carbocycles. The number of rotatable bonds is 4. The number of hydrogen-bond acceptors (Lipinski definition) is 4. The number of aromatic nitrogens is 2. The van der Waals surface area contributed by atoms with E-state index in [9.17, 15) is 9.18 Å². The van der Waals surface area contributed by atoms with Crippen molar-refractivity contribution in [3.05, 3.63) is 54.1 Å². The molecular formula is C17H19FN4O. The van der Waals surface area contributed by atoms with Gasteiger partial charge in [0.2, 0.25) is 11.9 Å². The number of piperidine rings is 1. The van der Waals surface area contributed by atoms with Crippen LogP contribution in [0.3, 0.4) is 0 Å². The highest BCUT2D eigenvalue weighted by atomic mass is 19.1. The number of amides is 1. The summed E-state index contributed by atoms with van der Waals surface area (Å²) in [5.74, 6) is 0.498. The Morgan fingerprint density at radius 1 is 1.17 bits per heavy atom. The zero-order valence-electron chi connectivity index (χ0n) is 12.8. The van der Waals surface area contributed by atoms with E-state index in [-0.39, 0.29) is 24.2 Å². The Labute approximate surface area is 134 Å². The van der Waals surface area contributed by atoms with Gasteiger partial charge >= 0.3 is 0 Å². The Balaban J connectivity index is 1.50. The van der Waals surface area contributed by atoms with Crippen LogP contribution >= 0.6 is 0 Å². The molecule has 1 aliphatic heterocycles. The van der Waals surface area contributed by atoms with E-state index in [2.05, 4.69) is 15.3 Å². The molecule has 1 aliphatic rings. The largest absolute Gasteiger partial charge is 0.345 e. The first-order valence-electron chi connectivity index (χ1n) is 7.77. The van der Waals surface area contributed by atoms with Gasteiger partial charge in [-0.15, -0.1) is 0 Å². The lowest BCUT2D eigenvalue weighted by molar-refractivity contribution is -0.130. The number of halogens is 1. The molecule has 0 spiro atoms. The standard InChI is InChI=1S/C17H19FN4O/c18-15-5-2-1-4-14(15)13-6-10-22(11-7-13)16(23)12-21-17-19-8-3-9-20-17/h1-5,8-9,13H,6-7,10-12H2,(H,19,20,21). The van der Waals surface area contributed by atoms with E-state index in [1.165, 1.54) is 6.07 Å². The topological polar surface area (TPSA) is 58.1 Å². The van der Waals surface area contributed by atoms with Crippen LogP contribution in [0.25, 0.3) is 0 Å². The molecule has 1 saturated heterocycles. The highest BCUT2D eigenvalue weighted by molar-refractivity contribution is 5.80. The van der Waals surface area contributed by atoms with Crippen LogP contribution in [0, 0.1) is 5.82 Å². The molecule has 0 saturated carbocycles. The fourth-order valence-electron chi connectivity index (χ4n) is 2.90. The van der Waals surface area contributed by atoms with Crippen LogP contribution in [0.4, 0.5) is 10.3 Å². The van der Waals surface area contributed by atoms with Crippen molar-refractivity contribution in [1.82, 2.24) is 14.9 Å². The number of carbonyl (C=O) groups is 1. The van der Waals surface area contributed by atoms with Crippen molar-refractivity contribution in [3.8, 4) is 0 Å². The predicted molar refractivity (Wildman–Crippen MR) is 85.5 cm³/mol. The summed E-state index contributed by atoms with van der Waals surface area (Å²) in [5.41, 5.74) is 0.760. The third kappa shape index (κ3) is 3.83. The summed E-state index contributed by atoms with van der Waals surface area (Å²) < 4.78 is 13.8. The fraction of sp³-hybridized carbons (Fsp3) is 0.353. The third-order valence-corrected chi connectivity index (χ3v) is 4.16. The summed E-state index contributed by atoms with van der Waals surface area (Å²) >= 11 is 0. The second kappa shape index (κ2) is 7.17. The zero-order valence-corrected chi connectivity index (χ0v) is 12.8. The number of nitrogens with zero attached hydrogens (tertiary/aromatic N) is 3. The maximum atomic E-state index is 13.8. The summed E-state index contributed by atoms with van der Waals surface area (Å²) in [4.78, 5) is 22.1. The lowest BCUT2D eigenvalue weighted by Gasteiger charge is -2.32. The molecule has 1 amide bonds. The van der Waals surface area contributed by atoms with Crippen molar-refractivity contribution < 1.29 is 9.18 Å². The molecular weight excluding hydrogens is 295 g/mol. The van der Waals surface area contributed by atoms with Crippen LogP contribution in [0.2, 0.25) is 0 Å². The van der Waals surface area contributed by atoms with Crippen LogP contribution in [-0.2, 0) is 4.79 Å². The number of carbonyl (C=O) groups excluding carboxylic acids is 1. The SMILES string of the molecule is O=C(CNc1ncccn1)N1CCC(c2ccccc2F)CC1. The molecule has 5 nitrogen and oxygen atoms in total. The van der Waals surface area contributed by atoms with Crippen LogP contribution < -0.4 is 5.32 Å². The van der Waals surface area contributed by atoms with E-state index in [4.69, 9.17) is 0 Å². The van der Waals surface area contributed by atoms with Crippen molar-refractivity contribution in [1.29, 1.82) is 0 Å². The Morgan fingerprint density at radius 3 is 2.57 bits per heavy atom.